The Hall–Kier alpha value is -2.14. The van der Waals surface area contributed by atoms with Gasteiger partial charge in [-0.1, -0.05) is 17.7 Å². The molecular weight excluding hydrogens is 416 g/mol. The second kappa shape index (κ2) is 8.31. The molecule has 0 saturated carbocycles. The first kappa shape index (κ1) is 21.6. The van der Waals surface area contributed by atoms with Crippen LogP contribution in [0.5, 0.6) is 11.5 Å². The molecule has 0 atom stereocenters. The van der Waals surface area contributed by atoms with Gasteiger partial charge in [0.15, 0.2) is 0 Å². The normalized spacial score (nSPS) is 16.5. The smallest absolute Gasteiger partial charge is 0.246 e. The third kappa shape index (κ3) is 4.25. The van der Waals surface area contributed by atoms with Gasteiger partial charge >= 0.3 is 0 Å². The van der Waals surface area contributed by atoms with Crippen molar-refractivity contribution in [1.29, 1.82) is 0 Å². The number of aryl methyl sites for hydroxylation is 1. The molecule has 1 aliphatic rings. The number of ether oxygens (including phenoxy) is 2. The van der Waals surface area contributed by atoms with Crippen molar-refractivity contribution in [3.8, 4) is 11.5 Å². The largest absolute Gasteiger partial charge is 0.497 e. The molecule has 0 N–H and O–H groups in total. The van der Waals surface area contributed by atoms with Crippen LogP contribution in [0.4, 0.5) is 0 Å². The number of nitrogens with zero attached hydrogens (tertiary/aromatic N) is 2. The number of sulfonamides is 2. The van der Waals surface area contributed by atoms with E-state index in [-0.39, 0.29) is 41.7 Å². The summed E-state index contributed by atoms with van der Waals surface area (Å²) in [6.45, 7) is 2.15. The average Bonchev–Trinajstić information content (AvgIpc) is 2.73. The number of benzene rings is 2. The Bertz CT molecular complexity index is 1070. The van der Waals surface area contributed by atoms with E-state index in [1.165, 1.54) is 35.0 Å². The van der Waals surface area contributed by atoms with Gasteiger partial charge in [-0.2, -0.15) is 8.61 Å². The summed E-state index contributed by atoms with van der Waals surface area (Å²) < 4.78 is 64.7. The van der Waals surface area contributed by atoms with E-state index >= 15 is 0 Å². The predicted molar refractivity (Wildman–Crippen MR) is 108 cm³/mol. The maximum absolute atomic E-state index is 13.1. The molecule has 1 fully saturated rings. The standard InChI is InChI=1S/C19H24N2O6S2/c1-15-4-7-17(8-5-15)28(22,23)20-10-12-21(13-11-20)29(24,25)19-9-6-16(26-2)14-18(19)27-3/h4-9,14H,10-13H2,1-3H3. The Balaban J connectivity index is 1.79. The summed E-state index contributed by atoms with van der Waals surface area (Å²) in [6.07, 6.45) is 0. The first-order valence-electron chi connectivity index (χ1n) is 8.99. The highest BCUT2D eigenvalue weighted by Gasteiger charge is 2.35. The number of methoxy groups -OCH3 is 2. The Labute approximate surface area is 171 Å². The molecule has 29 heavy (non-hydrogen) atoms. The lowest BCUT2D eigenvalue weighted by atomic mass is 10.2. The van der Waals surface area contributed by atoms with Crippen LogP contribution in [0.15, 0.2) is 52.3 Å². The van der Waals surface area contributed by atoms with Crippen molar-refractivity contribution in [2.45, 2.75) is 16.7 Å². The van der Waals surface area contributed by atoms with Gasteiger partial charge in [0.2, 0.25) is 20.0 Å². The number of hydrogen-bond donors (Lipinski definition) is 0. The van der Waals surface area contributed by atoms with Gasteiger partial charge in [0, 0.05) is 32.2 Å². The molecule has 2 aromatic rings. The molecular formula is C19H24N2O6S2. The molecule has 8 nitrogen and oxygen atoms in total. The molecule has 0 radical (unpaired) electrons. The molecule has 0 bridgehead atoms. The van der Waals surface area contributed by atoms with Gasteiger partial charge in [-0.3, -0.25) is 0 Å². The predicted octanol–water partition coefficient (Wildman–Crippen LogP) is 1.71. The first-order valence-corrected chi connectivity index (χ1v) is 11.9. The maximum atomic E-state index is 13.1. The van der Waals surface area contributed by atoms with Crippen LogP contribution in [-0.4, -0.2) is 65.8 Å². The lowest BCUT2D eigenvalue weighted by Crippen LogP contribution is -2.50. The molecule has 0 spiro atoms. The van der Waals surface area contributed by atoms with Gasteiger partial charge in [-0.05, 0) is 31.2 Å². The molecule has 3 rings (SSSR count). The van der Waals surface area contributed by atoms with Crippen molar-refractivity contribution < 1.29 is 26.3 Å². The van der Waals surface area contributed by atoms with Crippen molar-refractivity contribution >= 4 is 20.0 Å². The molecule has 0 amide bonds. The van der Waals surface area contributed by atoms with Crippen LogP contribution in [0.1, 0.15) is 5.56 Å². The van der Waals surface area contributed by atoms with Gasteiger partial charge < -0.3 is 9.47 Å². The van der Waals surface area contributed by atoms with E-state index in [9.17, 15) is 16.8 Å². The molecule has 0 aliphatic carbocycles. The maximum Gasteiger partial charge on any atom is 0.246 e. The van der Waals surface area contributed by atoms with Gasteiger partial charge in [-0.25, -0.2) is 16.8 Å². The summed E-state index contributed by atoms with van der Waals surface area (Å²) in [6, 6.07) is 11.1. The first-order chi connectivity index (χ1) is 13.7. The van der Waals surface area contributed by atoms with Gasteiger partial charge in [-0.15, -0.1) is 0 Å². The van der Waals surface area contributed by atoms with Crippen LogP contribution in [0.25, 0.3) is 0 Å². The topological polar surface area (TPSA) is 93.2 Å². The minimum atomic E-state index is -3.84. The SMILES string of the molecule is COc1ccc(S(=O)(=O)N2CCN(S(=O)(=O)c3ccc(C)cc3)CC2)c(OC)c1. The van der Waals surface area contributed by atoms with E-state index < -0.39 is 20.0 Å². The van der Waals surface area contributed by atoms with Gasteiger partial charge in [0.25, 0.3) is 0 Å². The quantitative estimate of drug-likeness (QED) is 0.679. The zero-order valence-corrected chi connectivity index (χ0v) is 18.2. The van der Waals surface area contributed by atoms with E-state index in [0.717, 1.165) is 5.56 Å². The monoisotopic (exact) mass is 440 g/mol. The zero-order chi connectivity index (χ0) is 21.2. The van der Waals surface area contributed by atoms with E-state index in [0.29, 0.717) is 5.75 Å². The van der Waals surface area contributed by atoms with Crippen molar-refractivity contribution in [3.63, 3.8) is 0 Å². The Kier molecular flexibility index (Phi) is 6.18. The van der Waals surface area contributed by atoms with Crippen LogP contribution >= 0.6 is 0 Å². The summed E-state index contributed by atoms with van der Waals surface area (Å²) in [7, 11) is -4.63. The third-order valence-electron chi connectivity index (χ3n) is 4.84. The molecule has 0 aromatic heterocycles. The molecule has 1 aliphatic heterocycles. The highest BCUT2D eigenvalue weighted by Crippen LogP contribution is 2.31. The fraction of sp³-hybridized carbons (Fsp3) is 0.368. The fourth-order valence-corrected chi connectivity index (χ4v) is 6.12. The van der Waals surface area contributed by atoms with E-state index in [1.54, 1.807) is 30.3 Å². The van der Waals surface area contributed by atoms with Gasteiger partial charge in [0.05, 0.1) is 19.1 Å². The zero-order valence-electron chi connectivity index (χ0n) is 16.5. The van der Waals surface area contributed by atoms with E-state index in [2.05, 4.69) is 0 Å². The highest BCUT2D eigenvalue weighted by atomic mass is 32.2. The second-order valence-corrected chi connectivity index (χ2v) is 10.5. The summed E-state index contributed by atoms with van der Waals surface area (Å²) >= 11 is 0. The average molecular weight is 441 g/mol. The fourth-order valence-electron chi connectivity index (χ4n) is 3.14. The molecule has 1 saturated heterocycles. The summed E-state index contributed by atoms with van der Waals surface area (Å²) in [4.78, 5) is 0.229. The van der Waals surface area contributed by atoms with Crippen molar-refractivity contribution in [3.05, 3.63) is 48.0 Å². The summed E-state index contributed by atoms with van der Waals surface area (Å²) in [5, 5.41) is 0. The van der Waals surface area contributed by atoms with Crippen LogP contribution in [0.3, 0.4) is 0 Å². The Morgan fingerprint density at radius 3 is 1.83 bits per heavy atom. The lowest BCUT2D eigenvalue weighted by molar-refractivity contribution is 0.272. The van der Waals surface area contributed by atoms with Crippen LogP contribution in [-0.2, 0) is 20.0 Å². The van der Waals surface area contributed by atoms with Crippen molar-refractivity contribution in [1.82, 2.24) is 8.61 Å². The Morgan fingerprint density at radius 1 is 0.759 bits per heavy atom. The number of piperazine rings is 1. The molecule has 2 aromatic carbocycles. The summed E-state index contributed by atoms with van der Waals surface area (Å²) in [5.41, 5.74) is 0.966. The molecule has 158 valence electrons. The van der Waals surface area contributed by atoms with Crippen LogP contribution < -0.4 is 9.47 Å². The minimum absolute atomic E-state index is 0.0237. The Morgan fingerprint density at radius 2 is 1.31 bits per heavy atom. The van der Waals surface area contributed by atoms with E-state index in [4.69, 9.17) is 9.47 Å². The van der Waals surface area contributed by atoms with E-state index in [1.807, 2.05) is 6.92 Å². The van der Waals surface area contributed by atoms with Crippen molar-refractivity contribution in [2.24, 2.45) is 0 Å². The lowest BCUT2D eigenvalue weighted by Gasteiger charge is -2.33. The number of rotatable bonds is 6. The third-order valence-corrected chi connectivity index (χ3v) is 8.70. The van der Waals surface area contributed by atoms with Crippen molar-refractivity contribution in [2.75, 3.05) is 40.4 Å². The molecule has 0 unspecified atom stereocenters. The molecule has 1 heterocycles. The second-order valence-electron chi connectivity index (χ2n) is 6.64. The highest BCUT2D eigenvalue weighted by molar-refractivity contribution is 7.89. The van der Waals surface area contributed by atoms with Gasteiger partial charge in [0.1, 0.15) is 16.4 Å². The minimum Gasteiger partial charge on any atom is -0.497 e. The van der Waals surface area contributed by atoms with Crippen LogP contribution in [0.2, 0.25) is 0 Å². The van der Waals surface area contributed by atoms with Crippen LogP contribution in [0, 0.1) is 6.92 Å². The summed E-state index contributed by atoms with van der Waals surface area (Å²) in [5.74, 6) is 0.661. The number of hydrogen-bond acceptors (Lipinski definition) is 6. The molecule has 10 heteroatoms.